The normalized spacial score (nSPS) is 21.9. The molecule has 5 nitrogen and oxygen atoms in total. The number of nitrogens with zero attached hydrogens (tertiary/aromatic N) is 2. The second kappa shape index (κ2) is 6.75. The van der Waals surface area contributed by atoms with Crippen molar-refractivity contribution in [2.75, 3.05) is 5.32 Å². The maximum Gasteiger partial charge on any atom is 0.494 e. The van der Waals surface area contributed by atoms with E-state index in [0.717, 1.165) is 28.7 Å². The van der Waals surface area contributed by atoms with Gasteiger partial charge in [0.15, 0.2) is 0 Å². The van der Waals surface area contributed by atoms with Gasteiger partial charge in [0.1, 0.15) is 0 Å². The number of hydrogen-bond donors (Lipinski definition) is 1. The molecule has 144 valence electrons. The van der Waals surface area contributed by atoms with E-state index in [-0.39, 0.29) is 18.3 Å². The third-order valence-electron chi connectivity index (χ3n) is 6.38. The van der Waals surface area contributed by atoms with Gasteiger partial charge in [-0.2, -0.15) is 0 Å². The van der Waals surface area contributed by atoms with E-state index in [9.17, 15) is 0 Å². The lowest BCUT2D eigenvalue weighted by Gasteiger charge is -2.32. The summed E-state index contributed by atoms with van der Waals surface area (Å²) in [5.74, 6) is 0.743. The van der Waals surface area contributed by atoms with E-state index >= 15 is 0 Å². The van der Waals surface area contributed by atoms with Gasteiger partial charge in [-0.05, 0) is 58.0 Å². The molecule has 2 fully saturated rings. The van der Waals surface area contributed by atoms with Gasteiger partial charge in [0.25, 0.3) is 0 Å². The Morgan fingerprint density at radius 3 is 2.41 bits per heavy atom. The highest BCUT2D eigenvalue weighted by Crippen LogP contribution is 2.36. The van der Waals surface area contributed by atoms with E-state index in [1.165, 1.54) is 31.2 Å². The first-order valence-corrected chi connectivity index (χ1v) is 10.2. The van der Waals surface area contributed by atoms with Crippen molar-refractivity contribution in [3.63, 3.8) is 0 Å². The van der Waals surface area contributed by atoms with E-state index in [1.54, 1.807) is 0 Å². The molecule has 0 amide bonds. The van der Waals surface area contributed by atoms with E-state index in [0.29, 0.717) is 6.04 Å². The minimum Gasteiger partial charge on any atom is -0.399 e. The quantitative estimate of drug-likeness (QED) is 0.832. The smallest absolute Gasteiger partial charge is 0.399 e. The molecule has 0 atom stereocenters. The fraction of sp³-hybridized carbons (Fsp3) is 0.619. The Morgan fingerprint density at radius 2 is 1.78 bits per heavy atom. The summed E-state index contributed by atoms with van der Waals surface area (Å²) in [6.07, 6.45) is 7.84. The first-order chi connectivity index (χ1) is 12.8. The highest BCUT2D eigenvalue weighted by atomic mass is 16.7. The SMILES string of the molecule is CCc1cc(B2OC(C)(C)C(C)(C)O2)cc2cnc(NC3CCCC3)nc12. The van der Waals surface area contributed by atoms with Crippen molar-refractivity contribution in [3.05, 3.63) is 23.9 Å². The summed E-state index contributed by atoms with van der Waals surface area (Å²) in [5.41, 5.74) is 2.58. The van der Waals surface area contributed by atoms with Crippen LogP contribution in [0.1, 0.15) is 65.9 Å². The third kappa shape index (κ3) is 3.45. The van der Waals surface area contributed by atoms with E-state index < -0.39 is 0 Å². The van der Waals surface area contributed by atoms with E-state index in [4.69, 9.17) is 14.3 Å². The Hall–Kier alpha value is -1.66. The first kappa shape index (κ1) is 18.7. The van der Waals surface area contributed by atoms with Crippen LogP contribution in [0, 0.1) is 0 Å². The van der Waals surface area contributed by atoms with Crippen LogP contribution in [0.3, 0.4) is 0 Å². The van der Waals surface area contributed by atoms with Gasteiger partial charge in [-0.25, -0.2) is 9.97 Å². The number of aryl methyl sites for hydroxylation is 1. The number of benzene rings is 1. The monoisotopic (exact) mass is 367 g/mol. The van der Waals surface area contributed by atoms with Gasteiger partial charge < -0.3 is 14.6 Å². The summed E-state index contributed by atoms with van der Waals surface area (Å²) in [6, 6.07) is 4.80. The molecule has 1 saturated carbocycles. The molecule has 1 aromatic heterocycles. The van der Waals surface area contributed by atoms with Gasteiger partial charge >= 0.3 is 7.12 Å². The maximum absolute atomic E-state index is 6.24. The number of fused-ring (bicyclic) bond motifs is 1. The van der Waals surface area contributed by atoms with Crippen LogP contribution in [0.2, 0.25) is 0 Å². The van der Waals surface area contributed by atoms with Crippen LogP contribution in [-0.2, 0) is 15.7 Å². The average Bonchev–Trinajstić information content (AvgIpc) is 3.19. The van der Waals surface area contributed by atoms with Crippen LogP contribution in [-0.4, -0.2) is 34.3 Å². The molecule has 27 heavy (non-hydrogen) atoms. The lowest BCUT2D eigenvalue weighted by molar-refractivity contribution is 0.00578. The standard InChI is InChI=1S/C21H30BN3O2/c1-6-14-11-16(22-26-20(2,3)21(4,5)27-22)12-15-13-23-19(25-18(14)15)24-17-9-7-8-10-17/h11-13,17H,6-10H2,1-5H3,(H,23,24,25). The highest BCUT2D eigenvalue weighted by molar-refractivity contribution is 6.62. The van der Waals surface area contributed by atoms with Crippen molar-refractivity contribution >= 4 is 29.4 Å². The molecule has 0 radical (unpaired) electrons. The Kier molecular flexibility index (Phi) is 4.67. The largest absolute Gasteiger partial charge is 0.494 e. The minimum absolute atomic E-state index is 0.343. The molecule has 0 spiro atoms. The van der Waals surface area contributed by atoms with Crippen molar-refractivity contribution in [3.8, 4) is 0 Å². The van der Waals surface area contributed by atoms with Gasteiger partial charge in [0.05, 0.1) is 16.7 Å². The lowest BCUT2D eigenvalue weighted by Crippen LogP contribution is -2.41. The van der Waals surface area contributed by atoms with Crippen molar-refractivity contribution < 1.29 is 9.31 Å². The minimum atomic E-state index is -0.360. The Bertz CT molecular complexity index is 831. The summed E-state index contributed by atoms with van der Waals surface area (Å²) >= 11 is 0. The average molecular weight is 367 g/mol. The topological polar surface area (TPSA) is 56.3 Å². The predicted molar refractivity (Wildman–Crippen MR) is 111 cm³/mol. The number of hydrogen-bond acceptors (Lipinski definition) is 5. The molecule has 1 aromatic carbocycles. The van der Waals surface area contributed by atoms with Gasteiger partial charge in [-0.1, -0.05) is 31.9 Å². The number of rotatable bonds is 4. The highest BCUT2D eigenvalue weighted by Gasteiger charge is 2.51. The summed E-state index contributed by atoms with van der Waals surface area (Å²) < 4.78 is 12.5. The fourth-order valence-electron chi connectivity index (χ4n) is 3.95. The molecule has 1 aliphatic heterocycles. The predicted octanol–water partition coefficient (Wildman–Crippen LogP) is 3.85. The van der Waals surface area contributed by atoms with Crippen LogP contribution < -0.4 is 10.8 Å². The van der Waals surface area contributed by atoms with E-state index in [1.807, 2.05) is 6.20 Å². The Labute approximate surface area is 162 Å². The Balaban J connectivity index is 1.66. The zero-order chi connectivity index (χ0) is 19.2. The number of anilines is 1. The zero-order valence-electron chi connectivity index (χ0n) is 17.1. The molecular weight excluding hydrogens is 337 g/mol. The summed E-state index contributed by atoms with van der Waals surface area (Å²) in [7, 11) is -0.360. The van der Waals surface area contributed by atoms with Crippen molar-refractivity contribution in [1.82, 2.24) is 9.97 Å². The molecule has 4 rings (SSSR count). The summed E-state index contributed by atoms with van der Waals surface area (Å²) in [5, 5.41) is 4.54. The third-order valence-corrected chi connectivity index (χ3v) is 6.38. The van der Waals surface area contributed by atoms with Gasteiger partial charge in [-0.3, -0.25) is 0 Å². The van der Waals surface area contributed by atoms with Crippen LogP contribution in [0.25, 0.3) is 10.9 Å². The Morgan fingerprint density at radius 1 is 1.11 bits per heavy atom. The number of aromatic nitrogens is 2. The second-order valence-electron chi connectivity index (χ2n) is 8.88. The van der Waals surface area contributed by atoms with Gasteiger partial charge in [0, 0.05) is 17.6 Å². The lowest BCUT2D eigenvalue weighted by atomic mass is 9.77. The molecular formula is C21H30BN3O2. The van der Waals surface area contributed by atoms with Crippen LogP contribution in [0.5, 0.6) is 0 Å². The van der Waals surface area contributed by atoms with Crippen molar-refractivity contribution in [2.24, 2.45) is 0 Å². The summed E-state index contributed by atoms with van der Waals surface area (Å²) in [6.45, 7) is 10.5. The first-order valence-electron chi connectivity index (χ1n) is 10.2. The van der Waals surface area contributed by atoms with Crippen LogP contribution in [0.15, 0.2) is 18.3 Å². The molecule has 2 heterocycles. The molecule has 1 saturated heterocycles. The van der Waals surface area contributed by atoms with Crippen LogP contribution >= 0.6 is 0 Å². The maximum atomic E-state index is 6.24. The molecule has 0 bridgehead atoms. The molecule has 2 aliphatic rings. The van der Waals surface area contributed by atoms with E-state index in [2.05, 4.69) is 57.1 Å². The molecule has 1 aliphatic carbocycles. The van der Waals surface area contributed by atoms with Crippen LogP contribution in [0.4, 0.5) is 5.95 Å². The zero-order valence-corrected chi connectivity index (χ0v) is 17.1. The second-order valence-corrected chi connectivity index (χ2v) is 8.88. The number of nitrogens with one attached hydrogen (secondary N) is 1. The van der Waals surface area contributed by atoms with Gasteiger partial charge in [0.2, 0.25) is 5.95 Å². The fourth-order valence-corrected chi connectivity index (χ4v) is 3.95. The molecule has 0 unspecified atom stereocenters. The molecule has 2 aromatic rings. The molecule has 1 N–H and O–H groups in total. The van der Waals surface area contributed by atoms with Crippen molar-refractivity contribution in [1.29, 1.82) is 0 Å². The summed E-state index contributed by atoms with van der Waals surface area (Å²) in [4.78, 5) is 9.40. The van der Waals surface area contributed by atoms with Crippen molar-refractivity contribution in [2.45, 2.75) is 84.0 Å². The van der Waals surface area contributed by atoms with Gasteiger partial charge in [-0.15, -0.1) is 0 Å². The molecule has 6 heteroatoms.